The van der Waals surface area contributed by atoms with E-state index in [-0.39, 0.29) is 19.4 Å². The first kappa shape index (κ1) is 20.9. The molecular formula is C13H21F4NO5S. The standard InChI is InChI=1S/C13H21F4NO5S/c1-11(2,3)23-10(19)18-7-4-5-12(14,9-18)6-8-22-24(20,21)13(15,16)17/h4-9H2,1-3H3. The Hall–Kier alpha value is -1.10. The summed E-state index contributed by atoms with van der Waals surface area (Å²) in [6, 6.07) is 0. The summed E-state index contributed by atoms with van der Waals surface area (Å²) in [5.41, 5.74) is -8.35. The summed E-state index contributed by atoms with van der Waals surface area (Å²) in [5.74, 6) is 0. The van der Waals surface area contributed by atoms with Gasteiger partial charge in [-0.1, -0.05) is 0 Å². The molecule has 0 radical (unpaired) electrons. The molecule has 24 heavy (non-hydrogen) atoms. The zero-order valence-corrected chi connectivity index (χ0v) is 14.5. The maximum Gasteiger partial charge on any atom is 0.523 e. The number of carbonyl (C=O) groups is 1. The second-order valence-electron chi connectivity index (χ2n) is 6.63. The number of ether oxygens (including phenoxy) is 1. The third-order valence-corrected chi connectivity index (χ3v) is 4.29. The van der Waals surface area contributed by atoms with Crippen molar-refractivity contribution in [3.05, 3.63) is 0 Å². The molecule has 0 aromatic rings. The van der Waals surface area contributed by atoms with Crippen molar-refractivity contribution in [2.75, 3.05) is 19.7 Å². The van der Waals surface area contributed by atoms with Gasteiger partial charge in [-0.25, -0.2) is 9.18 Å². The Morgan fingerprint density at radius 2 is 1.83 bits per heavy atom. The molecule has 0 aromatic carbocycles. The Bertz CT molecular complexity index is 558. The zero-order valence-electron chi connectivity index (χ0n) is 13.7. The number of rotatable bonds is 4. The van der Waals surface area contributed by atoms with Crippen LogP contribution >= 0.6 is 0 Å². The van der Waals surface area contributed by atoms with E-state index in [4.69, 9.17) is 4.74 Å². The van der Waals surface area contributed by atoms with Crippen molar-refractivity contribution >= 4 is 16.2 Å². The van der Waals surface area contributed by atoms with E-state index >= 15 is 0 Å². The first-order valence-corrected chi connectivity index (χ1v) is 8.69. The molecule has 0 aliphatic carbocycles. The molecule has 1 unspecified atom stereocenters. The number of hydrogen-bond acceptors (Lipinski definition) is 5. The monoisotopic (exact) mass is 379 g/mol. The highest BCUT2D eigenvalue weighted by Gasteiger charge is 2.48. The molecule has 0 spiro atoms. The fourth-order valence-corrected chi connectivity index (χ4v) is 2.61. The van der Waals surface area contributed by atoms with E-state index in [0.717, 1.165) is 4.90 Å². The van der Waals surface area contributed by atoms with Crippen molar-refractivity contribution in [2.45, 2.75) is 56.8 Å². The van der Waals surface area contributed by atoms with E-state index in [0.29, 0.717) is 0 Å². The molecule has 0 aromatic heterocycles. The summed E-state index contributed by atoms with van der Waals surface area (Å²) in [7, 11) is -5.75. The molecule has 1 aliphatic rings. The number of amides is 1. The Morgan fingerprint density at radius 1 is 1.25 bits per heavy atom. The zero-order chi connectivity index (χ0) is 18.8. The molecule has 0 saturated carbocycles. The average molecular weight is 379 g/mol. The molecule has 1 amide bonds. The largest absolute Gasteiger partial charge is 0.523 e. The number of halogens is 4. The van der Waals surface area contributed by atoms with Gasteiger partial charge in [0.15, 0.2) is 0 Å². The number of hydrogen-bond donors (Lipinski definition) is 0. The molecule has 11 heteroatoms. The van der Waals surface area contributed by atoms with Crippen LogP contribution in [0.3, 0.4) is 0 Å². The van der Waals surface area contributed by atoms with Crippen LogP contribution < -0.4 is 0 Å². The molecule has 142 valence electrons. The molecule has 0 bridgehead atoms. The van der Waals surface area contributed by atoms with Gasteiger partial charge in [-0.15, -0.1) is 0 Å². The van der Waals surface area contributed by atoms with Crippen molar-refractivity contribution in [3.63, 3.8) is 0 Å². The van der Waals surface area contributed by atoms with Gasteiger partial charge in [0.05, 0.1) is 13.2 Å². The number of carbonyl (C=O) groups excluding carboxylic acids is 1. The minimum Gasteiger partial charge on any atom is -0.444 e. The SMILES string of the molecule is CC(C)(C)OC(=O)N1CCCC(F)(CCOS(=O)(=O)C(F)(F)F)C1. The van der Waals surface area contributed by atoms with E-state index in [1.54, 1.807) is 20.8 Å². The van der Waals surface area contributed by atoms with Gasteiger partial charge in [-0.05, 0) is 33.6 Å². The first-order valence-electron chi connectivity index (χ1n) is 7.28. The lowest BCUT2D eigenvalue weighted by molar-refractivity contribution is -0.0559. The molecule has 1 fully saturated rings. The number of nitrogens with zero attached hydrogens (tertiary/aromatic N) is 1. The van der Waals surface area contributed by atoms with Crippen LogP contribution in [0.5, 0.6) is 0 Å². The van der Waals surface area contributed by atoms with Gasteiger partial charge in [-0.3, -0.25) is 4.18 Å². The highest BCUT2D eigenvalue weighted by Crippen LogP contribution is 2.31. The minimum absolute atomic E-state index is 0.0122. The molecule has 1 atom stereocenters. The lowest BCUT2D eigenvalue weighted by Gasteiger charge is -2.37. The van der Waals surface area contributed by atoms with Crippen LogP contribution in [0.1, 0.15) is 40.0 Å². The van der Waals surface area contributed by atoms with Gasteiger partial charge in [0.1, 0.15) is 11.3 Å². The van der Waals surface area contributed by atoms with E-state index in [9.17, 15) is 30.8 Å². The lowest BCUT2D eigenvalue weighted by atomic mass is 9.92. The topological polar surface area (TPSA) is 72.9 Å². The Balaban J connectivity index is 2.60. The second kappa shape index (κ2) is 7.03. The van der Waals surface area contributed by atoms with Crippen LogP contribution in [0, 0.1) is 0 Å². The van der Waals surface area contributed by atoms with Gasteiger partial charge < -0.3 is 9.64 Å². The van der Waals surface area contributed by atoms with Crippen LogP contribution in [-0.2, 0) is 19.0 Å². The molecule has 6 nitrogen and oxygen atoms in total. The highest BCUT2D eigenvalue weighted by molar-refractivity contribution is 7.87. The third kappa shape index (κ3) is 6.08. The number of piperidine rings is 1. The van der Waals surface area contributed by atoms with Crippen molar-refractivity contribution in [2.24, 2.45) is 0 Å². The van der Waals surface area contributed by atoms with Crippen molar-refractivity contribution < 1.29 is 39.7 Å². The highest BCUT2D eigenvalue weighted by atomic mass is 32.2. The van der Waals surface area contributed by atoms with E-state index in [1.807, 2.05) is 0 Å². The molecule has 1 aliphatic heterocycles. The number of alkyl halides is 4. The van der Waals surface area contributed by atoms with E-state index in [1.165, 1.54) is 0 Å². The summed E-state index contributed by atoms with van der Waals surface area (Å²) in [5, 5.41) is 0. The second-order valence-corrected chi connectivity index (χ2v) is 8.24. The van der Waals surface area contributed by atoms with Gasteiger partial charge >= 0.3 is 21.7 Å². The van der Waals surface area contributed by atoms with Crippen LogP contribution in [0.2, 0.25) is 0 Å². The smallest absolute Gasteiger partial charge is 0.444 e. The summed E-state index contributed by atoms with van der Waals surface area (Å²) in [4.78, 5) is 13.0. The number of likely N-dealkylation sites (tertiary alicyclic amines) is 1. The molecular weight excluding hydrogens is 358 g/mol. The molecule has 0 N–H and O–H groups in total. The maximum atomic E-state index is 14.7. The van der Waals surface area contributed by atoms with Crippen molar-refractivity contribution in [3.8, 4) is 0 Å². The fraction of sp³-hybridized carbons (Fsp3) is 0.923. The van der Waals surface area contributed by atoms with Crippen LogP contribution in [0.25, 0.3) is 0 Å². The molecule has 1 rings (SSSR count). The Kier molecular flexibility index (Phi) is 6.13. The van der Waals surface area contributed by atoms with Gasteiger partial charge in [0.2, 0.25) is 0 Å². The predicted molar refractivity (Wildman–Crippen MR) is 76.4 cm³/mol. The van der Waals surface area contributed by atoms with Crippen LogP contribution in [0.15, 0.2) is 0 Å². The Morgan fingerprint density at radius 3 is 2.33 bits per heavy atom. The van der Waals surface area contributed by atoms with Gasteiger partial charge in [0, 0.05) is 13.0 Å². The minimum atomic E-state index is -5.75. The quantitative estimate of drug-likeness (QED) is 0.427. The molecule has 1 saturated heterocycles. The molecule has 1 heterocycles. The normalized spacial score (nSPS) is 23.2. The summed E-state index contributed by atoms with van der Waals surface area (Å²) in [6.07, 6.45) is -1.04. The summed E-state index contributed by atoms with van der Waals surface area (Å²) >= 11 is 0. The maximum absolute atomic E-state index is 14.7. The van der Waals surface area contributed by atoms with Gasteiger partial charge in [0.25, 0.3) is 0 Å². The first-order chi connectivity index (χ1) is 10.7. The van der Waals surface area contributed by atoms with Crippen LogP contribution in [-0.4, -0.2) is 55.9 Å². The lowest BCUT2D eigenvalue weighted by Crippen LogP contribution is -2.49. The summed E-state index contributed by atoms with van der Waals surface area (Å²) in [6.45, 7) is 3.84. The predicted octanol–water partition coefficient (Wildman–Crippen LogP) is 2.98. The van der Waals surface area contributed by atoms with E-state index < -0.39 is 52.6 Å². The average Bonchev–Trinajstić information content (AvgIpc) is 2.34. The fourth-order valence-electron chi connectivity index (χ4n) is 2.17. The summed E-state index contributed by atoms with van der Waals surface area (Å²) < 4.78 is 81.6. The third-order valence-electron chi connectivity index (χ3n) is 3.25. The van der Waals surface area contributed by atoms with Crippen molar-refractivity contribution in [1.82, 2.24) is 4.90 Å². The van der Waals surface area contributed by atoms with Gasteiger partial charge in [-0.2, -0.15) is 21.6 Å². The van der Waals surface area contributed by atoms with Crippen LogP contribution in [0.4, 0.5) is 22.4 Å². The van der Waals surface area contributed by atoms with Crippen molar-refractivity contribution in [1.29, 1.82) is 0 Å². The Labute approximate surface area is 138 Å². The van der Waals surface area contributed by atoms with E-state index in [2.05, 4.69) is 4.18 Å².